The van der Waals surface area contributed by atoms with E-state index in [4.69, 9.17) is 14.2 Å². The predicted molar refractivity (Wildman–Crippen MR) is 131 cm³/mol. The van der Waals surface area contributed by atoms with Crippen LogP contribution in [0.25, 0.3) is 0 Å². The van der Waals surface area contributed by atoms with E-state index in [0.29, 0.717) is 35.0 Å². The molecule has 9 heteroatoms. The number of amides is 1. The molecule has 0 radical (unpaired) electrons. The van der Waals surface area contributed by atoms with Gasteiger partial charge in [-0.1, -0.05) is 35.9 Å². The van der Waals surface area contributed by atoms with Crippen molar-refractivity contribution in [1.29, 1.82) is 0 Å². The number of fused-ring (bicyclic) bond motifs is 1. The van der Waals surface area contributed by atoms with Crippen molar-refractivity contribution in [3.63, 3.8) is 0 Å². The highest BCUT2D eigenvalue weighted by molar-refractivity contribution is 7.95. The van der Waals surface area contributed by atoms with Gasteiger partial charge in [-0.2, -0.15) is 0 Å². The van der Waals surface area contributed by atoms with Crippen LogP contribution >= 0.6 is 0 Å². The summed E-state index contributed by atoms with van der Waals surface area (Å²) >= 11 is 0. The highest BCUT2D eigenvalue weighted by atomic mass is 32.2. The van der Waals surface area contributed by atoms with Crippen LogP contribution < -0.4 is 14.2 Å². The first-order valence-corrected chi connectivity index (χ1v) is 12.9. The Morgan fingerprint density at radius 2 is 1.69 bits per heavy atom. The summed E-state index contributed by atoms with van der Waals surface area (Å²) in [6.45, 7) is 4.35. The number of carbonyl (C=O) groups is 1. The van der Waals surface area contributed by atoms with Crippen LogP contribution in [0.1, 0.15) is 29.7 Å². The number of sulfone groups is 1. The van der Waals surface area contributed by atoms with Crippen molar-refractivity contribution in [2.75, 3.05) is 13.4 Å². The average Bonchev–Trinajstić information content (AvgIpc) is 3.43. The van der Waals surface area contributed by atoms with Gasteiger partial charge in [-0.3, -0.25) is 4.79 Å². The maximum Gasteiger partial charge on any atom is 0.290 e. The zero-order valence-corrected chi connectivity index (χ0v) is 20.6. The summed E-state index contributed by atoms with van der Waals surface area (Å²) in [5.41, 5.74) is 2.12. The molecule has 0 saturated carbocycles. The molecule has 1 N–H and O–H groups in total. The molecular formula is C27H25NO7S. The number of hydrogen-bond acceptors (Lipinski definition) is 7. The maximum absolute atomic E-state index is 13.7. The topological polar surface area (TPSA) is 102 Å². The van der Waals surface area contributed by atoms with Crippen molar-refractivity contribution in [2.45, 2.75) is 31.3 Å². The van der Waals surface area contributed by atoms with Crippen molar-refractivity contribution < 1.29 is 32.5 Å². The molecule has 1 atom stereocenters. The number of rotatable bonds is 7. The van der Waals surface area contributed by atoms with E-state index in [0.717, 1.165) is 5.56 Å². The monoisotopic (exact) mass is 507 g/mol. The van der Waals surface area contributed by atoms with Crippen LogP contribution in [-0.4, -0.2) is 37.7 Å². The van der Waals surface area contributed by atoms with Crippen LogP contribution in [0.3, 0.4) is 0 Å². The van der Waals surface area contributed by atoms with E-state index in [1.165, 1.54) is 17.0 Å². The molecule has 2 aliphatic rings. The molecule has 0 bridgehead atoms. The van der Waals surface area contributed by atoms with E-state index in [-0.39, 0.29) is 23.1 Å². The Morgan fingerprint density at radius 1 is 1.00 bits per heavy atom. The van der Waals surface area contributed by atoms with Gasteiger partial charge >= 0.3 is 0 Å². The molecule has 8 nitrogen and oxygen atoms in total. The molecule has 3 aromatic rings. The molecule has 186 valence electrons. The molecular weight excluding hydrogens is 482 g/mol. The molecule has 0 spiro atoms. The fourth-order valence-corrected chi connectivity index (χ4v) is 6.04. The molecule has 2 aliphatic heterocycles. The van der Waals surface area contributed by atoms with Crippen LogP contribution in [0, 0.1) is 6.92 Å². The van der Waals surface area contributed by atoms with Crippen molar-refractivity contribution >= 4 is 15.7 Å². The second-order valence-electron chi connectivity index (χ2n) is 8.55. The maximum atomic E-state index is 13.7. The summed E-state index contributed by atoms with van der Waals surface area (Å²) in [7, 11) is -4.20. The minimum atomic E-state index is -4.20. The summed E-state index contributed by atoms with van der Waals surface area (Å²) in [4.78, 5) is 14.3. The van der Waals surface area contributed by atoms with Gasteiger partial charge in [0.15, 0.2) is 17.3 Å². The lowest BCUT2D eigenvalue weighted by Gasteiger charge is -2.27. The van der Waals surface area contributed by atoms with Gasteiger partial charge < -0.3 is 24.2 Å². The number of nitrogens with zero attached hydrogens (tertiary/aromatic N) is 1. The number of hydrogen-bond donors (Lipinski definition) is 1. The van der Waals surface area contributed by atoms with E-state index < -0.39 is 27.5 Å². The highest BCUT2D eigenvalue weighted by Gasteiger charge is 2.47. The number of aryl methyl sites for hydroxylation is 1. The summed E-state index contributed by atoms with van der Waals surface area (Å²) < 4.78 is 43.8. The molecule has 1 unspecified atom stereocenters. The van der Waals surface area contributed by atoms with Crippen LogP contribution in [0.15, 0.2) is 82.3 Å². The van der Waals surface area contributed by atoms with Crippen LogP contribution in [0.2, 0.25) is 0 Å². The summed E-state index contributed by atoms with van der Waals surface area (Å²) in [5, 5.41) is 10.9. The highest BCUT2D eigenvalue weighted by Crippen LogP contribution is 2.44. The molecule has 2 heterocycles. The summed E-state index contributed by atoms with van der Waals surface area (Å²) in [6.07, 6.45) is 0. The largest absolute Gasteiger partial charge is 0.502 e. The van der Waals surface area contributed by atoms with Gasteiger partial charge in [0, 0.05) is 6.54 Å². The molecule has 0 fully saturated rings. The molecule has 36 heavy (non-hydrogen) atoms. The Kier molecular flexibility index (Phi) is 6.09. The van der Waals surface area contributed by atoms with Crippen molar-refractivity contribution in [3.05, 3.63) is 94.1 Å². The minimum Gasteiger partial charge on any atom is -0.502 e. The number of aliphatic hydroxyl groups is 1. The fourth-order valence-electron chi connectivity index (χ4n) is 4.39. The number of benzene rings is 3. The van der Waals surface area contributed by atoms with E-state index in [1.54, 1.807) is 54.6 Å². The number of aliphatic hydroxyl groups excluding tert-OH is 1. The normalized spacial score (nSPS) is 17.1. The Labute approximate surface area is 209 Å². The second kappa shape index (κ2) is 9.23. The first-order chi connectivity index (χ1) is 17.3. The molecule has 0 aromatic heterocycles. The van der Waals surface area contributed by atoms with Crippen molar-refractivity contribution in [2.24, 2.45) is 0 Å². The summed E-state index contributed by atoms with van der Waals surface area (Å²) in [6, 6.07) is 17.4. The Morgan fingerprint density at radius 3 is 2.39 bits per heavy atom. The van der Waals surface area contributed by atoms with E-state index >= 15 is 0 Å². The molecule has 0 aliphatic carbocycles. The standard InChI is InChI=1S/C27H25NO7S/c1-3-33-20-9-7-19(8-10-20)24-26(36(31,32)21-11-4-17(2)5-12-21)25(29)27(30)28(24)15-18-6-13-22-23(14-18)35-16-34-22/h4-14,24,29H,3,15-16H2,1-2H3. The SMILES string of the molecule is CCOc1ccc(C2C(S(=O)(=O)c3ccc(C)cc3)=C(O)C(=O)N2Cc2ccc3c(c2)OCO3)cc1. The van der Waals surface area contributed by atoms with Crippen LogP contribution in [-0.2, 0) is 21.2 Å². The average molecular weight is 508 g/mol. The first kappa shape index (κ1) is 23.7. The smallest absolute Gasteiger partial charge is 0.290 e. The van der Waals surface area contributed by atoms with E-state index in [9.17, 15) is 18.3 Å². The van der Waals surface area contributed by atoms with Crippen LogP contribution in [0.4, 0.5) is 0 Å². The summed E-state index contributed by atoms with van der Waals surface area (Å²) in [5.74, 6) is 0.205. The quantitative estimate of drug-likeness (QED) is 0.504. The van der Waals surface area contributed by atoms with Gasteiger partial charge in [0.25, 0.3) is 5.91 Å². The van der Waals surface area contributed by atoms with Gasteiger partial charge in [-0.25, -0.2) is 8.42 Å². The van der Waals surface area contributed by atoms with Crippen molar-refractivity contribution in [3.8, 4) is 17.2 Å². The lowest BCUT2D eigenvalue weighted by atomic mass is 10.1. The van der Waals surface area contributed by atoms with E-state index in [1.807, 2.05) is 13.8 Å². The van der Waals surface area contributed by atoms with E-state index in [2.05, 4.69) is 0 Å². The van der Waals surface area contributed by atoms with Crippen LogP contribution in [0.5, 0.6) is 17.2 Å². The fraction of sp³-hybridized carbons (Fsp3) is 0.222. The molecule has 0 saturated heterocycles. The Bertz CT molecular complexity index is 1440. The lowest BCUT2D eigenvalue weighted by Crippen LogP contribution is -2.30. The van der Waals surface area contributed by atoms with Gasteiger partial charge in [0.2, 0.25) is 16.6 Å². The third kappa shape index (κ3) is 4.15. The number of carbonyl (C=O) groups excluding carboxylic acids is 1. The zero-order chi connectivity index (χ0) is 25.4. The van der Waals surface area contributed by atoms with Gasteiger partial charge in [0.05, 0.1) is 17.5 Å². The van der Waals surface area contributed by atoms with Gasteiger partial charge in [-0.15, -0.1) is 0 Å². The third-order valence-electron chi connectivity index (χ3n) is 6.17. The Balaban J connectivity index is 1.59. The van der Waals surface area contributed by atoms with Gasteiger partial charge in [0.1, 0.15) is 10.7 Å². The number of ether oxygens (including phenoxy) is 3. The second-order valence-corrected chi connectivity index (χ2v) is 10.5. The first-order valence-electron chi connectivity index (χ1n) is 11.5. The molecule has 1 amide bonds. The lowest BCUT2D eigenvalue weighted by molar-refractivity contribution is -0.130. The molecule has 3 aromatic carbocycles. The van der Waals surface area contributed by atoms with Gasteiger partial charge in [-0.05, 0) is 61.4 Å². The third-order valence-corrected chi connectivity index (χ3v) is 8.06. The Hall–Kier alpha value is -3.98. The van der Waals surface area contributed by atoms with Crippen molar-refractivity contribution in [1.82, 2.24) is 4.90 Å². The predicted octanol–water partition coefficient (Wildman–Crippen LogP) is 4.45. The zero-order valence-electron chi connectivity index (χ0n) is 19.8. The molecule has 5 rings (SSSR count). The minimum absolute atomic E-state index is 0.00307.